The average molecular weight is 224 g/mol. The molecule has 1 aromatic carbocycles. The van der Waals surface area contributed by atoms with Crippen molar-refractivity contribution in [2.75, 3.05) is 19.3 Å². The van der Waals surface area contributed by atoms with Gasteiger partial charge in [-0.3, -0.25) is 0 Å². The van der Waals surface area contributed by atoms with Crippen LogP contribution in [0.15, 0.2) is 29.2 Å². The van der Waals surface area contributed by atoms with E-state index in [0.29, 0.717) is 12.1 Å². The third-order valence-corrected chi connectivity index (χ3v) is 3.70. The summed E-state index contributed by atoms with van der Waals surface area (Å²) in [5.41, 5.74) is 0.461. The highest BCUT2D eigenvalue weighted by Crippen LogP contribution is 2.11. The van der Waals surface area contributed by atoms with Crippen LogP contribution in [0.4, 0.5) is 0 Å². The van der Waals surface area contributed by atoms with Crippen LogP contribution < -0.4 is 5.32 Å². The molecular weight excluding hydrogens is 212 g/mol. The molecule has 0 aliphatic heterocycles. The molecule has 0 heterocycles. The number of sulfone groups is 1. The van der Waals surface area contributed by atoms with E-state index in [0.717, 1.165) is 0 Å². The molecular formula is C10H12N2O2S. The van der Waals surface area contributed by atoms with E-state index in [1.54, 1.807) is 7.05 Å². The van der Waals surface area contributed by atoms with E-state index < -0.39 is 9.84 Å². The first-order chi connectivity index (χ1) is 7.10. The minimum Gasteiger partial charge on any atom is -0.319 e. The van der Waals surface area contributed by atoms with Gasteiger partial charge in [0.05, 0.1) is 22.3 Å². The van der Waals surface area contributed by atoms with Crippen LogP contribution in [-0.2, 0) is 9.84 Å². The second kappa shape index (κ2) is 4.91. The average Bonchev–Trinajstić information content (AvgIpc) is 2.26. The van der Waals surface area contributed by atoms with Crippen LogP contribution in [-0.4, -0.2) is 27.8 Å². The first-order valence-corrected chi connectivity index (χ1v) is 6.13. The van der Waals surface area contributed by atoms with Crippen molar-refractivity contribution in [3.8, 4) is 6.07 Å². The minimum atomic E-state index is -3.22. The van der Waals surface area contributed by atoms with Gasteiger partial charge >= 0.3 is 0 Å². The summed E-state index contributed by atoms with van der Waals surface area (Å²) in [6.45, 7) is 0.419. The third kappa shape index (κ3) is 3.05. The third-order valence-electron chi connectivity index (χ3n) is 1.96. The fourth-order valence-corrected chi connectivity index (χ4v) is 2.35. The summed E-state index contributed by atoms with van der Waals surface area (Å²) in [6, 6.07) is 7.88. The van der Waals surface area contributed by atoms with Crippen molar-refractivity contribution < 1.29 is 8.42 Å². The van der Waals surface area contributed by atoms with Gasteiger partial charge in [0.1, 0.15) is 0 Å². The molecule has 15 heavy (non-hydrogen) atoms. The number of hydrogen-bond donors (Lipinski definition) is 1. The second-order valence-corrected chi connectivity index (χ2v) is 5.17. The Hall–Kier alpha value is -1.38. The van der Waals surface area contributed by atoms with Gasteiger partial charge in [0, 0.05) is 6.54 Å². The van der Waals surface area contributed by atoms with Gasteiger partial charge in [-0.25, -0.2) is 8.42 Å². The minimum absolute atomic E-state index is 0.0649. The summed E-state index contributed by atoms with van der Waals surface area (Å²) in [4.78, 5) is 0.261. The van der Waals surface area contributed by atoms with Gasteiger partial charge in [-0.05, 0) is 31.3 Å². The highest BCUT2D eigenvalue weighted by Gasteiger charge is 2.12. The zero-order chi connectivity index (χ0) is 11.3. The first-order valence-electron chi connectivity index (χ1n) is 4.47. The topological polar surface area (TPSA) is 70.0 Å². The number of nitrogens with zero attached hydrogens (tertiary/aromatic N) is 1. The van der Waals surface area contributed by atoms with Gasteiger partial charge in [0.2, 0.25) is 0 Å². The zero-order valence-electron chi connectivity index (χ0n) is 8.40. The maximum atomic E-state index is 11.7. The normalized spacial score (nSPS) is 10.9. The molecule has 0 amide bonds. The van der Waals surface area contributed by atoms with E-state index in [4.69, 9.17) is 5.26 Å². The van der Waals surface area contributed by atoms with E-state index >= 15 is 0 Å². The molecule has 0 aliphatic carbocycles. The van der Waals surface area contributed by atoms with Crippen LogP contribution in [0.1, 0.15) is 5.56 Å². The number of hydrogen-bond acceptors (Lipinski definition) is 4. The predicted molar refractivity (Wildman–Crippen MR) is 57.1 cm³/mol. The summed E-state index contributed by atoms with van der Waals surface area (Å²) in [7, 11) is -1.52. The molecule has 0 radical (unpaired) electrons. The maximum absolute atomic E-state index is 11.7. The van der Waals surface area contributed by atoms with Gasteiger partial charge < -0.3 is 5.32 Å². The molecule has 0 atom stereocenters. The molecule has 1 rings (SSSR count). The smallest absolute Gasteiger partial charge is 0.179 e. The lowest BCUT2D eigenvalue weighted by Crippen LogP contribution is -2.19. The van der Waals surface area contributed by atoms with Crippen LogP contribution in [0, 0.1) is 11.3 Å². The molecule has 0 spiro atoms. The highest BCUT2D eigenvalue weighted by atomic mass is 32.2. The van der Waals surface area contributed by atoms with E-state index in [1.165, 1.54) is 24.3 Å². The largest absolute Gasteiger partial charge is 0.319 e. The molecule has 0 aromatic heterocycles. The van der Waals surface area contributed by atoms with Gasteiger partial charge in [-0.15, -0.1) is 0 Å². The van der Waals surface area contributed by atoms with Crippen molar-refractivity contribution in [1.29, 1.82) is 5.26 Å². The van der Waals surface area contributed by atoms with Crippen molar-refractivity contribution >= 4 is 9.84 Å². The van der Waals surface area contributed by atoms with Crippen molar-refractivity contribution in [1.82, 2.24) is 5.32 Å². The summed E-state index contributed by atoms with van der Waals surface area (Å²) >= 11 is 0. The molecule has 0 unspecified atom stereocenters. The molecule has 0 saturated heterocycles. The summed E-state index contributed by atoms with van der Waals surface area (Å²) in [5, 5.41) is 11.3. The lowest BCUT2D eigenvalue weighted by Gasteiger charge is -2.03. The van der Waals surface area contributed by atoms with Gasteiger partial charge in [0.15, 0.2) is 9.84 Å². The number of rotatable bonds is 4. The molecule has 1 aromatic rings. The molecule has 80 valence electrons. The molecule has 0 saturated carbocycles. The fraction of sp³-hybridized carbons (Fsp3) is 0.300. The van der Waals surface area contributed by atoms with E-state index in [1.807, 2.05) is 6.07 Å². The van der Waals surface area contributed by atoms with Crippen LogP contribution in [0.2, 0.25) is 0 Å². The molecule has 4 nitrogen and oxygen atoms in total. The molecule has 0 aliphatic rings. The zero-order valence-corrected chi connectivity index (χ0v) is 9.21. The molecule has 0 fully saturated rings. The Balaban J connectivity index is 2.92. The maximum Gasteiger partial charge on any atom is 0.179 e. The Kier molecular flexibility index (Phi) is 3.83. The number of nitrogens with one attached hydrogen (secondary N) is 1. The van der Waals surface area contributed by atoms with Crippen molar-refractivity contribution in [3.63, 3.8) is 0 Å². The Morgan fingerprint density at radius 2 is 1.93 bits per heavy atom. The summed E-state index contributed by atoms with van der Waals surface area (Å²) < 4.78 is 23.3. The Morgan fingerprint density at radius 3 is 2.40 bits per heavy atom. The van der Waals surface area contributed by atoms with Gasteiger partial charge in [0.25, 0.3) is 0 Å². The predicted octanol–water partition coefficient (Wildman–Crippen LogP) is 0.551. The summed E-state index contributed by atoms with van der Waals surface area (Å²) in [5.74, 6) is 0.0649. The standard InChI is InChI=1S/C10H12N2O2S/c1-12-6-7-15(13,14)10-4-2-9(8-11)3-5-10/h2-5,12H,6-7H2,1H3. The van der Waals surface area contributed by atoms with Gasteiger partial charge in [-0.2, -0.15) is 5.26 Å². The Labute approximate surface area is 89.5 Å². The number of benzene rings is 1. The van der Waals surface area contributed by atoms with Crippen molar-refractivity contribution in [2.24, 2.45) is 0 Å². The number of nitriles is 1. The summed E-state index contributed by atoms with van der Waals surface area (Å²) in [6.07, 6.45) is 0. The lowest BCUT2D eigenvalue weighted by atomic mass is 10.2. The van der Waals surface area contributed by atoms with Crippen molar-refractivity contribution in [3.05, 3.63) is 29.8 Å². The molecule has 1 N–H and O–H groups in total. The lowest BCUT2D eigenvalue weighted by molar-refractivity contribution is 0.593. The molecule has 5 heteroatoms. The monoisotopic (exact) mass is 224 g/mol. The first kappa shape index (κ1) is 11.7. The molecule has 0 bridgehead atoms. The van der Waals surface area contributed by atoms with Crippen LogP contribution >= 0.6 is 0 Å². The highest BCUT2D eigenvalue weighted by molar-refractivity contribution is 7.91. The van der Waals surface area contributed by atoms with Crippen LogP contribution in [0.5, 0.6) is 0 Å². The second-order valence-electron chi connectivity index (χ2n) is 3.06. The quantitative estimate of drug-likeness (QED) is 0.811. The van der Waals surface area contributed by atoms with E-state index in [-0.39, 0.29) is 10.6 Å². The Bertz CT molecular complexity index is 457. The fourth-order valence-electron chi connectivity index (χ4n) is 1.09. The van der Waals surface area contributed by atoms with Crippen molar-refractivity contribution in [2.45, 2.75) is 4.90 Å². The van der Waals surface area contributed by atoms with E-state index in [2.05, 4.69) is 5.32 Å². The van der Waals surface area contributed by atoms with Crippen LogP contribution in [0.3, 0.4) is 0 Å². The Morgan fingerprint density at radius 1 is 1.33 bits per heavy atom. The SMILES string of the molecule is CNCCS(=O)(=O)c1ccc(C#N)cc1. The van der Waals surface area contributed by atoms with Crippen LogP contribution in [0.25, 0.3) is 0 Å². The van der Waals surface area contributed by atoms with E-state index in [9.17, 15) is 8.42 Å². The van der Waals surface area contributed by atoms with Gasteiger partial charge in [-0.1, -0.05) is 0 Å².